The van der Waals surface area contributed by atoms with Crippen molar-refractivity contribution in [2.45, 2.75) is 6.61 Å². The number of aromatic nitrogens is 1. The molecule has 0 spiro atoms. The van der Waals surface area contributed by atoms with E-state index in [2.05, 4.69) is 10.1 Å². The van der Waals surface area contributed by atoms with Crippen LogP contribution in [0.5, 0.6) is 5.75 Å². The molecule has 1 heterocycles. The second-order valence-electron chi connectivity index (χ2n) is 3.74. The molecule has 0 saturated carbocycles. The molecule has 0 saturated heterocycles. The minimum Gasteiger partial charge on any atom is -0.489 e. The fraction of sp³-hybridized carbons (Fsp3) is 0.0769. The van der Waals surface area contributed by atoms with E-state index in [0.29, 0.717) is 17.0 Å². The van der Waals surface area contributed by atoms with E-state index in [4.69, 9.17) is 15.7 Å². The zero-order valence-electron chi connectivity index (χ0n) is 9.95. The van der Waals surface area contributed by atoms with Crippen molar-refractivity contribution in [3.8, 4) is 5.75 Å². The second kappa shape index (κ2) is 5.81. The SMILES string of the molecule is NC(=NO)c1ncccc1COc1ccc(F)cc1. The van der Waals surface area contributed by atoms with Gasteiger partial charge in [0.05, 0.1) is 0 Å². The van der Waals surface area contributed by atoms with Gasteiger partial charge in [0.1, 0.15) is 23.9 Å². The summed E-state index contributed by atoms with van der Waals surface area (Å²) in [6, 6.07) is 9.14. The van der Waals surface area contributed by atoms with Crippen LogP contribution in [0.1, 0.15) is 11.3 Å². The number of ether oxygens (including phenoxy) is 1. The average molecular weight is 261 g/mol. The molecule has 98 valence electrons. The number of hydrogen-bond acceptors (Lipinski definition) is 4. The number of amidine groups is 1. The van der Waals surface area contributed by atoms with Gasteiger partial charge in [0, 0.05) is 11.8 Å². The number of nitrogens with two attached hydrogens (primary N) is 1. The summed E-state index contributed by atoms with van der Waals surface area (Å²) in [5, 5.41) is 11.6. The maximum Gasteiger partial charge on any atom is 0.189 e. The molecule has 0 aliphatic heterocycles. The van der Waals surface area contributed by atoms with Gasteiger partial charge in [0.15, 0.2) is 5.84 Å². The van der Waals surface area contributed by atoms with E-state index in [9.17, 15) is 4.39 Å². The first-order valence-corrected chi connectivity index (χ1v) is 5.51. The van der Waals surface area contributed by atoms with Crippen LogP contribution in [0.25, 0.3) is 0 Å². The van der Waals surface area contributed by atoms with E-state index < -0.39 is 0 Å². The predicted molar refractivity (Wildman–Crippen MR) is 67.5 cm³/mol. The summed E-state index contributed by atoms with van der Waals surface area (Å²) in [4.78, 5) is 4.02. The van der Waals surface area contributed by atoms with Crippen molar-refractivity contribution < 1.29 is 14.3 Å². The molecule has 2 aromatic rings. The normalized spacial score (nSPS) is 11.3. The smallest absolute Gasteiger partial charge is 0.189 e. The van der Waals surface area contributed by atoms with Gasteiger partial charge in [-0.2, -0.15) is 0 Å². The Morgan fingerprint density at radius 1 is 1.32 bits per heavy atom. The minimum absolute atomic E-state index is 0.0849. The summed E-state index contributed by atoms with van der Waals surface area (Å²) in [7, 11) is 0. The molecule has 0 radical (unpaired) electrons. The summed E-state index contributed by atoms with van der Waals surface area (Å²) in [6.45, 7) is 0.186. The van der Waals surface area contributed by atoms with Crippen LogP contribution < -0.4 is 10.5 Å². The highest BCUT2D eigenvalue weighted by atomic mass is 19.1. The summed E-state index contributed by atoms with van der Waals surface area (Å²) in [5.41, 5.74) is 6.54. The van der Waals surface area contributed by atoms with Crippen LogP contribution in [0, 0.1) is 5.82 Å². The molecule has 0 fully saturated rings. The largest absolute Gasteiger partial charge is 0.489 e. The fourth-order valence-electron chi connectivity index (χ4n) is 1.52. The van der Waals surface area contributed by atoms with Gasteiger partial charge >= 0.3 is 0 Å². The standard InChI is InChI=1S/C13H12FN3O2/c14-10-3-5-11(6-4-10)19-8-9-2-1-7-16-12(9)13(15)17-18/h1-7,18H,8H2,(H2,15,17). The van der Waals surface area contributed by atoms with Gasteiger partial charge in [-0.05, 0) is 30.3 Å². The number of pyridine rings is 1. The third-order valence-electron chi connectivity index (χ3n) is 2.45. The van der Waals surface area contributed by atoms with Crippen LogP contribution in [-0.4, -0.2) is 16.0 Å². The quantitative estimate of drug-likeness (QED) is 0.381. The Hall–Kier alpha value is -2.63. The molecule has 0 aliphatic rings. The zero-order valence-corrected chi connectivity index (χ0v) is 9.95. The van der Waals surface area contributed by atoms with Gasteiger partial charge in [-0.25, -0.2) is 4.39 Å². The Kier molecular flexibility index (Phi) is 3.92. The summed E-state index contributed by atoms with van der Waals surface area (Å²) >= 11 is 0. The third kappa shape index (κ3) is 3.19. The number of rotatable bonds is 4. The van der Waals surface area contributed by atoms with Crippen molar-refractivity contribution in [1.29, 1.82) is 0 Å². The molecule has 0 atom stereocenters. The van der Waals surface area contributed by atoms with Crippen molar-refractivity contribution >= 4 is 5.84 Å². The monoisotopic (exact) mass is 261 g/mol. The molecule has 19 heavy (non-hydrogen) atoms. The summed E-state index contributed by atoms with van der Waals surface area (Å²) in [5.74, 6) is 0.111. The van der Waals surface area contributed by atoms with Gasteiger partial charge in [0.25, 0.3) is 0 Å². The van der Waals surface area contributed by atoms with Crippen LogP contribution in [0.4, 0.5) is 4.39 Å². The second-order valence-corrected chi connectivity index (χ2v) is 3.74. The maximum atomic E-state index is 12.7. The van der Waals surface area contributed by atoms with E-state index >= 15 is 0 Å². The number of halogens is 1. The first kappa shape index (κ1) is 12.8. The van der Waals surface area contributed by atoms with Crippen molar-refractivity contribution in [1.82, 2.24) is 4.98 Å². The molecule has 2 rings (SSSR count). The highest BCUT2D eigenvalue weighted by Crippen LogP contribution is 2.14. The van der Waals surface area contributed by atoms with E-state index in [0.717, 1.165) is 0 Å². The Morgan fingerprint density at radius 2 is 2.05 bits per heavy atom. The molecule has 6 heteroatoms. The highest BCUT2D eigenvalue weighted by molar-refractivity contribution is 5.96. The summed E-state index contributed by atoms with van der Waals surface area (Å²) in [6.07, 6.45) is 1.54. The van der Waals surface area contributed by atoms with Crippen LogP contribution in [0.2, 0.25) is 0 Å². The lowest BCUT2D eigenvalue weighted by atomic mass is 10.2. The van der Waals surface area contributed by atoms with Gasteiger partial charge in [-0.1, -0.05) is 11.2 Å². The highest BCUT2D eigenvalue weighted by Gasteiger charge is 2.08. The molecule has 0 aliphatic carbocycles. The molecule has 1 aromatic heterocycles. The van der Waals surface area contributed by atoms with E-state index in [1.54, 1.807) is 12.1 Å². The molecular weight excluding hydrogens is 249 g/mol. The molecule has 1 aromatic carbocycles. The van der Waals surface area contributed by atoms with E-state index in [-0.39, 0.29) is 18.3 Å². The molecule has 0 amide bonds. The van der Waals surface area contributed by atoms with E-state index in [1.165, 1.54) is 30.5 Å². The van der Waals surface area contributed by atoms with Crippen molar-refractivity contribution in [3.63, 3.8) is 0 Å². The maximum absolute atomic E-state index is 12.7. The lowest BCUT2D eigenvalue weighted by Gasteiger charge is -2.09. The number of oxime groups is 1. The Bertz CT molecular complexity index is 585. The Balaban J connectivity index is 2.13. The minimum atomic E-state index is -0.328. The van der Waals surface area contributed by atoms with Crippen LogP contribution >= 0.6 is 0 Å². The van der Waals surface area contributed by atoms with Crippen LogP contribution in [0.3, 0.4) is 0 Å². The number of nitrogens with zero attached hydrogens (tertiary/aromatic N) is 2. The third-order valence-corrected chi connectivity index (χ3v) is 2.45. The average Bonchev–Trinajstić information content (AvgIpc) is 2.46. The predicted octanol–water partition coefficient (Wildman–Crippen LogP) is 1.89. The van der Waals surface area contributed by atoms with Crippen molar-refractivity contribution in [2.75, 3.05) is 0 Å². The lowest BCUT2D eigenvalue weighted by molar-refractivity contribution is 0.304. The van der Waals surface area contributed by atoms with E-state index in [1.807, 2.05) is 0 Å². The van der Waals surface area contributed by atoms with Gasteiger partial charge in [-0.3, -0.25) is 4.98 Å². The van der Waals surface area contributed by atoms with Gasteiger partial charge in [-0.15, -0.1) is 0 Å². The molecule has 0 unspecified atom stereocenters. The molecule has 5 nitrogen and oxygen atoms in total. The van der Waals surface area contributed by atoms with Gasteiger partial charge < -0.3 is 15.7 Å². The first-order valence-electron chi connectivity index (χ1n) is 5.51. The fourth-order valence-corrected chi connectivity index (χ4v) is 1.52. The van der Waals surface area contributed by atoms with Gasteiger partial charge in [0.2, 0.25) is 0 Å². The molecule has 0 bridgehead atoms. The van der Waals surface area contributed by atoms with Crippen molar-refractivity contribution in [2.24, 2.45) is 10.9 Å². The lowest BCUT2D eigenvalue weighted by Crippen LogP contribution is -2.18. The first-order chi connectivity index (χ1) is 9.20. The number of hydrogen-bond donors (Lipinski definition) is 2. The molecule has 3 N–H and O–H groups in total. The number of benzene rings is 1. The van der Waals surface area contributed by atoms with Crippen LogP contribution in [0.15, 0.2) is 47.8 Å². The zero-order chi connectivity index (χ0) is 13.7. The Labute approximate surface area is 109 Å². The topological polar surface area (TPSA) is 80.7 Å². The molecular formula is C13H12FN3O2. The van der Waals surface area contributed by atoms with Crippen LogP contribution in [-0.2, 0) is 6.61 Å². The summed E-state index contributed by atoms with van der Waals surface area (Å²) < 4.78 is 18.2. The van der Waals surface area contributed by atoms with Crippen molar-refractivity contribution in [3.05, 3.63) is 59.7 Å². The Morgan fingerprint density at radius 3 is 2.74 bits per heavy atom.